The molecule has 0 amide bonds. The summed E-state index contributed by atoms with van der Waals surface area (Å²) in [5, 5.41) is 17.9. The number of aliphatic carboxylic acids is 1. The summed E-state index contributed by atoms with van der Waals surface area (Å²) in [5.41, 5.74) is -0.209. The van der Waals surface area contributed by atoms with Gasteiger partial charge in [0.05, 0.1) is 12.2 Å². The first-order chi connectivity index (χ1) is 12.4. The number of para-hydroxylation sites is 1. The fourth-order valence-electron chi connectivity index (χ4n) is 2.13. The zero-order chi connectivity index (χ0) is 19.1. The predicted molar refractivity (Wildman–Crippen MR) is 86.5 cm³/mol. The topological polar surface area (TPSA) is 93.1 Å². The van der Waals surface area contributed by atoms with Crippen LogP contribution in [0, 0.1) is 11.6 Å². The van der Waals surface area contributed by atoms with Crippen molar-refractivity contribution in [3.05, 3.63) is 59.7 Å². The van der Waals surface area contributed by atoms with Crippen molar-refractivity contribution in [2.24, 2.45) is 0 Å². The number of hydrogen-bond donors (Lipinski definition) is 2. The van der Waals surface area contributed by atoms with Crippen molar-refractivity contribution < 1.29 is 38.1 Å². The van der Waals surface area contributed by atoms with Crippen molar-refractivity contribution in [1.29, 1.82) is 0 Å². The van der Waals surface area contributed by atoms with Crippen molar-refractivity contribution in [2.75, 3.05) is 6.61 Å². The van der Waals surface area contributed by atoms with Crippen molar-refractivity contribution in [3.63, 3.8) is 0 Å². The second-order valence-corrected chi connectivity index (χ2v) is 5.32. The molecule has 8 heteroatoms. The second kappa shape index (κ2) is 8.80. The van der Waals surface area contributed by atoms with Crippen LogP contribution in [0.25, 0.3) is 0 Å². The van der Waals surface area contributed by atoms with Gasteiger partial charge in [0, 0.05) is 0 Å². The standard InChI is InChI=1S/C18H16F2O6/c19-12-4-1-2-5-15(12)26-16(18(23)24)6-3-9-25-14-8-7-11(17(21)22)10-13(14)20/h1-2,4-5,7-8,10,16H,3,6,9H2,(H,21,22)(H,23,24). The largest absolute Gasteiger partial charge is 0.491 e. The summed E-state index contributed by atoms with van der Waals surface area (Å²) in [6.07, 6.45) is -1.07. The number of ether oxygens (including phenoxy) is 2. The molecule has 0 heterocycles. The molecule has 0 bridgehead atoms. The molecule has 0 fully saturated rings. The third-order valence-electron chi connectivity index (χ3n) is 3.43. The molecule has 0 saturated carbocycles. The molecule has 0 aliphatic rings. The van der Waals surface area contributed by atoms with Gasteiger partial charge in [-0.25, -0.2) is 18.4 Å². The highest BCUT2D eigenvalue weighted by molar-refractivity contribution is 5.87. The van der Waals surface area contributed by atoms with Gasteiger partial charge >= 0.3 is 11.9 Å². The van der Waals surface area contributed by atoms with Crippen LogP contribution in [0.2, 0.25) is 0 Å². The van der Waals surface area contributed by atoms with Crippen molar-refractivity contribution >= 4 is 11.9 Å². The van der Waals surface area contributed by atoms with E-state index in [1.807, 2.05) is 0 Å². The third kappa shape index (κ3) is 5.17. The summed E-state index contributed by atoms with van der Waals surface area (Å²) < 4.78 is 37.6. The number of carboxylic acids is 2. The van der Waals surface area contributed by atoms with Gasteiger partial charge in [0.25, 0.3) is 0 Å². The Hall–Kier alpha value is -3.16. The van der Waals surface area contributed by atoms with E-state index < -0.39 is 29.7 Å². The molecule has 2 rings (SSSR count). The quantitative estimate of drug-likeness (QED) is 0.661. The van der Waals surface area contributed by atoms with Gasteiger partial charge in [0.2, 0.25) is 0 Å². The van der Waals surface area contributed by atoms with E-state index in [0.29, 0.717) is 0 Å². The Morgan fingerprint density at radius 3 is 2.35 bits per heavy atom. The summed E-state index contributed by atoms with van der Waals surface area (Å²) in [5.74, 6) is -4.33. The maximum absolute atomic E-state index is 13.7. The first kappa shape index (κ1) is 19.2. The maximum atomic E-state index is 13.7. The Morgan fingerprint density at radius 2 is 1.73 bits per heavy atom. The first-order valence-electron chi connectivity index (χ1n) is 7.68. The SMILES string of the molecule is O=C(O)c1ccc(OCCCC(Oc2ccccc2F)C(=O)O)c(F)c1. The van der Waals surface area contributed by atoms with Crippen LogP contribution in [0.5, 0.6) is 11.5 Å². The summed E-state index contributed by atoms with van der Waals surface area (Å²) in [6, 6.07) is 8.66. The van der Waals surface area contributed by atoms with Crippen LogP contribution in [-0.2, 0) is 4.79 Å². The summed E-state index contributed by atoms with van der Waals surface area (Å²) in [6.45, 7) is -0.0201. The van der Waals surface area contributed by atoms with Gasteiger partial charge in [0.15, 0.2) is 29.2 Å². The Morgan fingerprint density at radius 1 is 1.00 bits per heavy atom. The number of carboxylic acid groups (broad SMARTS) is 2. The van der Waals surface area contributed by atoms with Crippen LogP contribution in [0.4, 0.5) is 8.78 Å². The van der Waals surface area contributed by atoms with E-state index >= 15 is 0 Å². The van der Waals surface area contributed by atoms with Gasteiger partial charge in [-0.1, -0.05) is 12.1 Å². The molecule has 2 N–H and O–H groups in total. The zero-order valence-electron chi connectivity index (χ0n) is 13.5. The molecule has 2 aromatic carbocycles. The fraction of sp³-hybridized carbons (Fsp3) is 0.222. The molecule has 1 unspecified atom stereocenters. The van der Waals surface area contributed by atoms with Gasteiger partial charge in [-0.3, -0.25) is 0 Å². The molecule has 0 spiro atoms. The lowest BCUT2D eigenvalue weighted by Gasteiger charge is -2.15. The molecule has 2 aromatic rings. The monoisotopic (exact) mass is 366 g/mol. The first-order valence-corrected chi connectivity index (χ1v) is 7.68. The third-order valence-corrected chi connectivity index (χ3v) is 3.43. The number of benzene rings is 2. The van der Waals surface area contributed by atoms with Gasteiger partial charge in [-0.15, -0.1) is 0 Å². The molecule has 0 aliphatic carbocycles. The average molecular weight is 366 g/mol. The minimum atomic E-state index is -1.28. The molecule has 26 heavy (non-hydrogen) atoms. The highest BCUT2D eigenvalue weighted by atomic mass is 19.1. The van der Waals surface area contributed by atoms with E-state index in [1.54, 1.807) is 0 Å². The highest BCUT2D eigenvalue weighted by Crippen LogP contribution is 2.21. The molecule has 1 atom stereocenters. The Labute approximate surface area is 147 Å². The number of rotatable bonds is 9. The summed E-state index contributed by atoms with van der Waals surface area (Å²) >= 11 is 0. The molecular formula is C18H16F2O6. The predicted octanol–water partition coefficient (Wildman–Crippen LogP) is 3.35. The van der Waals surface area contributed by atoms with Crippen LogP contribution >= 0.6 is 0 Å². The number of aromatic carboxylic acids is 1. The van der Waals surface area contributed by atoms with Crippen LogP contribution in [0.1, 0.15) is 23.2 Å². The average Bonchev–Trinajstić information content (AvgIpc) is 2.59. The maximum Gasteiger partial charge on any atom is 0.344 e. The van der Waals surface area contributed by atoms with Crippen LogP contribution < -0.4 is 9.47 Å². The fourth-order valence-corrected chi connectivity index (χ4v) is 2.13. The molecule has 0 aliphatic heterocycles. The van der Waals surface area contributed by atoms with E-state index in [0.717, 1.165) is 12.1 Å². The summed E-state index contributed by atoms with van der Waals surface area (Å²) in [4.78, 5) is 22.0. The van der Waals surface area contributed by atoms with Crippen molar-refractivity contribution in [1.82, 2.24) is 0 Å². The number of halogens is 2. The van der Waals surface area contributed by atoms with Gasteiger partial charge in [-0.05, 0) is 43.2 Å². The Balaban J connectivity index is 1.88. The number of carbonyl (C=O) groups is 2. The van der Waals surface area contributed by atoms with E-state index in [1.165, 1.54) is 30.3 Å². The second-order valence-electron chi connectivity index (χ2n) is 5.32. The lowest BCUT2D eigenvalue weighted by atomic mass is 10.2. The zero-order valence-corrected chi connectivity index (χ0v) is 13.5. The van der Waals surface area contributed by atoms with Gasteiger partial charge in [0.1, 0.15) is 0 Å². The molecule has 0 radical (unpaired) electrons. The molecule has 0 aromatic heterocycles. The highest BCUT2D eigenvalue weighted by Gasteiger charge is 2.20. The smallest absolute Gasteiger partial charge is 0.344 e. The minimum absolute atomic E-state index is 0.0124. The van der Waals surface area contributed by atoms with Gasteiger partial charge in [-0.2, -0.15) is 0 Å². The van der Waals surface area contributed by atoms with E-state index in [4.69, 9.17) is 19.7 Å². The van der Waals surface area contributed by atoms with Crippen LogP contribution in [0.3, 0.4) is 0 Å². The van der Waals surface area contributed by atoms with Crippen molar-refractivity contribution in [2.45, 2.75) is 18.9 Å². The summed E-state index contributed by atoms with van der Waals surface area (Å²) in [7, 11) is 0. The lowest BCUT2D eigenvalue weighted by molar-refractivity contribution is -0.145. The van der Waals surface area contributed by atoms with E-state index in [2.05, 4.69) is 0 Å². The molecule has 0 saturated heterocycles. The van der Waals surface area contributed by atoms with Crippen LogP contribution in [0.15, 0.2) is 42.5 Å². The minimum Gasteiger partial charge on any atom is -0.491 e. The van der Waals surface area contributed by atoms with Gasteiger partial charge < -0.3 is 19.7 Å². The number of hydrogen-bond acceptors (Lipinski definition) is 4. The molecule has 6 nitrogen and oxygen atoms in total. The molecule has 138 valence electrons. The van der Waals surface area contributed by atoms with E-state index in [-0.39, 0.29) is 36.5 Å². The normalized spacial score (nSPS) is 11.6. The van der Waals surface area contributed by atoms with Crippen molar-refractivity contribution in [3.8, 4) is 11.5 Å². The lowest BCUT2D eigenvalue weighted by Crippen LogP contribution is -2.27. The molecular weight excluding hydrogens is 350 g/mol. The van der Waals surface area contributed by atoms with Crippen LogP contribution in [-0.4, -0.2) is 34.9 Å². The van der Waals surface area contributed by atoms with E-state index in [9.17, 15) is 18.4 Å². The Kier molecular flexibility index (Phi) is 6.48. The Bertz CT molecular complexity index is 793.